The number of aromatic amines is 2. The van der Waals surface area contributed by atoms with Crippen LogP contribution in [0.2, 0.25) is 0 Å². The first kappa shape index (κ1) is 11.1. The van der Waals surface area contributed by atoms with Gasteiger partial charge in [0, 0.05) is 5.56 Å². The molecule has 0 saturated carbocycles. The average molecular weight is 276 g/mol. The van der Waals surface area contributed by atoms with Gasteiger partial charge in [0.2, 0.25) is 0 Å². The Kier molecular flexibility index (Phi) is 2.69. The molecule has 0 amide bonds. The van der Waals surface area contributed by atoms with Crippen LogP contribution in [0.4, 0.5) is 0 Å². The Balaban J connectivity index is 2.05. The summed E-state index contributed by atoms with van der Waals surface area (Å²) in [5.74, 6) is 0.199. The molecule has 0 aliphatic heterocycles. The molecule has 90 valence electrons. The first-order valence-corrected chi connectivity index (χ1v) is 6.36. The lowest BCUT2D eigenvalue weighted by molar-refractivity contribution is 0.477. The fourth-order valence-corrected chi connectivity index (χ4v) is 2.46. The zero-order valence-electron chi connectivity index (χ0n) is 9.04. The van der Waals surface area contributed by atoms with Crippen molar-refractivity contribution in [3.63, 3.8) is 0 Å². The highest BCUT2D eigenvalue weighted by molar-refractivity contribution is 7.73. The van der Waals surface area contributed by atoms with Crippen molar-refractivity contribution in [1.29, 1.82) is 0 Å². The van der Waals surface area contributed by atoms with Gasteiger partial charge < -0.3 is 5.11 Å². The number of H-pyrrole nitrogens is 2. The number of nitrogens with zero attached hydrogens (tertiary/aromatic N) is 2. The molecule has 0 atom stereocenters. The fourth-order valence-electron chi connectivity index (χ4n) is 1.60. The molecular weight excluding hydrogens is 268 g/mol. The van der Waals surface area contributed by atoms with E-state index in [1.165, 1.54) is 11.3 Å². The van der Waals surface area contributed by atoms with Crippen molar-refractivity contribution in [2.24, 2.45) is 0 Å². The van der Waals surface area contributed by atoms with Crippen LogP contribution >= 0.6 is 23.6 Å². The molecule has 0 aliphatic carbocycles. The summed E-state index contributed by atoms with van der Waals surface area (Å²) in [5, 5.41) is 24.3. The van der Waals surface area contributed by atoms with Crippen LogP contribution in [-0.2, 0) is 0 Å². The third-order valence-electron chi connectivity index (χ3n) is 2.43. The van der Waals surface area contributed by atoms with Crippen LogP contribution in [0, 0.1) is 3.95 Å². The number of benzene rings is 1. The molecule has 0 fully saturated rings. The smallest absolute Gasteiger partial charge is 0.176 e. The second kappa shape index (κ2) is 4.35. The Bertz CT molecular complexity index is 743. The Labute approximate surface area is 111 Å². The number of aromatic nitrogens is 4. The van der Waals surface area contributed by atoms with Gasteiger partial charge in [-0.2, -0.15) is 10.2 Å². The third kappa shape index (κ3) is 1.93. The summed E-state index contributed by atoms with van der Waals surface area (Å²) in [6.45, 7) is 0. The molecule has 3 aromatic rings. The minimum Gasteiger partial charge on any atom is -0.507 e. The molecule has 0 unspecified atom stereocenters. The number of hydrogen-bond acceptors (Lipinski definition) is 5. The number of nitrogens with one attached hydrogen (secondary N) is 2. The molecule has 0 bridgehead atoms. The summed E-state index contributed by atoms with van der Waals surface area (Å²) >= 11 is 6.35. The van der Waals surface area contributed by atoms with Gasteiger partial charge in [0.15, 0.2) is 8.96 Å². The van der Waals surface area contributed by atoms with E-state index < -0.39 is 0 Å². The molecule has 7 heteroatoms. The molecule has 1 aromatic carbocycles. The number of para-hydroxylation sites is 1. The van der Waals surface area contributed by atoms with Crippen LogP contribution in [0.5, 0.6) is 5.75 Å². The number of hydrogen-bond donors (Lipinski definition) is 3. The molecule has 0 aliphatic rings. The maximum atomic E-state index is 9.76. The quantitative estimate of drug-likeness (QED) is 0.629. The van der Waals surface area contributed by atoms with Gasteiger partial charge in [-0.15, -0.1) is 0 Å². The number of aromatic hydroxyl groups is 1. The van der Waals surface area contributed by atoms with Crippen molar-refractivity contribution in [3.8, 4) is 27.7 Å². The van der Waals surface area contributed by atoms with E-state index >= 15 is 0 Å². The van der Waals surface area contributed by atoms with Crippen molar-refractivity contribution >= 4 is 23.6 Å². The molecule has 5 nitrogen and oxygen atoms in total. The Hall–Kier alpha value is -1.99. The zero-order chi connectivity index (χ0) is 12.5. The molecule has 2 heterocycles. The van der Waals surface area contributed by atoms with Crippen molar-refractivity contribution in [2.75, 3.05) is 0 Å². The van der Waals surface area contributed by atoms with Crippen LogP contribution in [0.1, 0.15) is 0 Å². The van der Waals surface area contributed by atoms with Gasteiger partial charge in [-0.05, 0) is 30.4 Å². The van der Waals surface area contributed by atoms with Gasteiger partial charge in [0.1, 0.15) is 5.75 Å². The van der Waals surface area contributed by atoms with E-state index in [9.17, 15) is 5.11 Å². The summed E-state index contributed by atoms with van der Waals surface area (Å²) in [5.41, 5.74) is 2.12. The predicted octanol–water partition coefficient (Wildman–Crippen LogP) is 2.96. The summed E-state index contributed by atoms with van der Waals surface area (Å²) in [4.78, 5) is 0. The van der Waals surface area contributed by atoms with Crippen molar-refractivity contribution < 1.29 is 5.11 Å². The van der Waals surface area contributed by atoms with Gasteiger partial charge in [-0.1, -0.05) is 23.5 Å². The van der Waals surface area contributed by atoms with E-state index in [1.807, 2.05) is 18.2 Å². The maximum absolute atomic E-state index is 9.76. The van der Waals surface area contributed by atoms with E-state index in [0.717, 1.165) is 10.7 Å². The maximum Gasteiger partial charge on any atom is 0.176 e. The summed E-state index contributed by atoms with van der Waals surface area (Å²) in [6.07, 6.45) is 0. The first-order chi connectivity index (χ1) is 8.74. The minimum atomic E-state index is 0.199. The SMILES string of the molecule is Oc1ccccc1-c1cc(-c2n[nH]c(=S)s2)[nH]n1. The monoisotopic (exact) mass is 276 g/mol. The zero-order valence-corrected chi connectivity index (χ0v) is 10.7. The predicted molar refractivity (Wildman–Crippen MR) is 72.0 cm³/mol. The molecule has 18 heavy (non-hydrogen) atoms. The average Bonchev–Trinajstić information content (AvgIpc) is 2.98. The second-order valence-corrected chi connectivity index (χ2v) is 5.27. The van der Waals surface area contributed by atoms with Crippen molar-refractivity contribution in [2.45, 2.75) is 0 Å². The largest absolute Gasteiger partial charge is 0.507 e. The first-order valence-electron chi connectivity index (χ1n) is 5.14. The second-order valence-electron chi connectivity index (χ2n) is 3.60. The highest BCUT2D eigenvalue weighted by atomic mass is 32.1. The Morgan fingerprint density at radius 1 is 1.17 bits per heavy atom. The fraction of sp³-hybridized carbons (Fsp3) is 0. The molecule has 0 spiro atoms. The van der Waals surface area contributed by atoms with Gasteiger partial charge in [-0.3, -0.25) is 10.2 Å². The van der Waals surface area contributed by atoms with Gasteiger partial charge >= 0.3 is 0 Å². The van der Waals surface area contributed by atoms with Crippen LogP contribution in [0.3, 0.4) is 0 Å². The Morgan fingerprint density at radius 3 is 2.72 bits per heavy atom. The molecule has 3 N–H and O–H groups in total. The number of rotatable bonds is 2. The molecule has 2 aromatic heterocycles. The van der Waals surface area contributed by atoms with Gasteiger partial charge in [0.05, 0.1) is 11.4 Å². The summed E-state index contributed by atoms with van der Waals surface area (Å²) in [7, 11) is 0. The van der Waals surface area contributed by atoms with E-state index in [-0.39, 0.29) is 5.75 Å². The molecular formula is C11H8N4OS2. The lowest BCUT2D eigenvalue weighted by Crippen LogP contribution is -1.78. The highest BCUT2D eigenvalue weighted by Gasteiger charge is 2.10. The highest BCUT2D eigenvalue weighted by Crippen LogP contribution is 2.30. The lowest BCUT2D eigenvalue weighted by atomic mass is 10.1. The number of phenolic OH excluding ortho intramolecular Hbond substituents is 1. The summed E-state index contributed by atoms with van der Waals surface area (Å²) < 4.78 is 0.615. The number of phenols is 1. The van der Waals surface area contributed by atoms with Crippen molar-refractivity contribution in [1.82, 2.24) is 20.4 Å². The normalized spacial score (nSPS) is 10.7. The third-order valence-corrected chi connectivity index (χ3v) is 3.55. The minimum absolute atomic E-state index is 0.199. The van der Waals surface area contributed by atoms with E-state index in [0.29, 0.717) is 15.2 Å². The van der Waals surface area contributed by atoms with Gasteiger partial charge in [0.25, 0.3) is 0 Å². The van der Waals surface area contributed by atoms with E-state index in [1.54, 1.807) is 12.1 Å². The van der Waals surface area contributed by atoms with Crippen LogP contribution in [0.25, 0.3) is 22.0 Å². The van der Waals surface area contributed by atoms with Crippen LogP contribution < -0.4 is 0 Å². The van der Waals surface area contributed by atoms with Crippen LogP contribution in [0.15, 0.2) is 30.3 Å². The Morgan fingerprint density at radius 2 is 2.00 bits per heavy atom. The van der Waals surface area contributed by atoms with E-state index in [4.69, 9.17) is 12.2 Å². The van der Waals surface area contributed by atoms with Crippen molar-refractivity contribution in [3.05, 3.63) is 34.3 Å². The van der Waals surface area contributed by atoms with Crippen LogP contribution in [-0.4, -0.2) is 25.5 Å². The molecule has 3 rings (SSSR count). The topological polar surface area (TPSA) is 77.6 Å². The lowest BCUT2D eigenvalue weighted by Gasteiger charge is -1.98. The van der Waals surface area contributed by atoms with E-state index in [2.05, 4.69) is 20.4 Å². The standard InChI is InChI=1S/C11H8N4OS2/c16-9-4-2-1-3-6(9)7-5-8(13-12-7)10-14-15-11(17)18-10/h1-5,16H,(H,12,13)(H,15,17). The summed E-state index contributed by atoms with van der Waals surface area (Å²) in [6, 6.07) is 8.88. The van der Waals surface area contributed by atoms with Gasteiger partial charge in [-0.25, -0.2) is 0 Å². The molecule has 0 radical (unpaired) electrons. The molecule has 0 saturated heterocycles.